The number of aryl methyl sites for hydroxylation is 1. The predicted molar refractivity (Wildman–Crippen MR) is 71.2 cm³/mol. The average Bonchev–Trinajstić information content (AvgIpc) is 2.39. The number of carbonyl (C=O) groups is 1. The second kappa shape index (κ2) is 5.44. The lowest BCUT2D eigenvalue weighted by Gasteiger charge is -2.11. The third-order valence-electron chi connectivity index (χ3n) is 2.73. The van der Waals surface area contributed by atoms with Crippen LogP contribution in [0.2, 0.25) is 0 Å². The van der Waals surface area contributed by atoms with Crippen molar-refractivity contribution in [2.45, 2.75) is 6.92 Å². The third-order valence-corrected chi connectivity index (χ3v) is 2.73. The van der Waals surface area contributed by atoms with Crippen molar-refractivity contribution < 1.29 is 19.4 Å². The number of aromatic carboxylic acids is 1. The number of methoxy groups -OCH3 is 1. The number of hydrogen-bond acceptors (Lipinski definition) is 3. The number of rotatable bonds is 4. The van der Waals surface area contributed by atoms with E-state index in [1.165, 1.54) is 6.07 Å². The van der Waals surface area contributed by atoms with Crippen molar-refractivity contribution in [2.24, 2.45) is 0 Å². The molecule has 0 aliphatic carbocycles. The van der Waals surface area contributed by atoms with Crippen molar-refractivity contribution in [2.75, 3.05) is 7.11 Å². The van der Waals surface area contributed by atoms with Crippen molar-refractivity contribution >= 4 is 5.97 Å². The zero-order valence-electron chi connectivity index (χ0n) is 10.7. The van der Waals surface area contributed by atoms with Gasteiger partial charge < -0.3 is 14.6 Å². The molecule has 0 bridgehead atoms. The van der Waals surface area contributed by atoms with Gasteiger partial charge in [-0.05, 0) is 42.8 Å². The molecule has 0 spiro atoms. The normalized spacial score (nSPS) is 10.0. The second-order valence-electron chi connectivity index (χ2n) is 4.03. The summed E-state index contributed by atoms with van der Waals surface area (Å²) in [5.41, 5.74) is 0.923. The molecule has 0 fully saturated rings. The van der Waals surface area contributed by atoms with E-state index in [4.69, 9.17) is 14.6 Å². The molecule has 4 heteroatoms. The smallest absolute Gasteiger partial charge is 0.335 e. The Hall–Kier alpha value is -2.49. The van der Waals surface area contributed by atoms with E-state index in [0.29, 0.717) is 22.8 Å². The maximum Gasteiger partial charge on any atom is 0.335 e. The van der Waals surface area contributed by atoms with E-state index >= 15 is 0 Å². The molecule has 0 atom stereocenters. The summed E-state index contributed by atoms with van der Waals surface area (Å²) in [7, 11) is 1.57. The largest absolute Gasteiger partial charge is 0.493 e. The van der Waals surface area contributed by atoms with Gasteiger partial charge in [0.25, 0.3) is 0 Å². The van der Waals surface area contributed by atoms with Gasteiger partial charge in [-0.25, -0.2) is 4.79 Å². The first-order chi connectivity index (χ1) is 9.11. The van der Waals surface area contributed by atoms with Crippen LogP contribution >= 0.6 is 0 Å². The van der Waals surface area contributed by atoms with Crippen LogP contribution in [0.25, 0.3) is 0 Å². The van der Waals surface area contributed by atoms with Crippen LogP contribution in [0.4, 0.5) is 0 Å². The van der Waals surface area contributed by atoms with Crippen molar-refractivity contribution in [3.63, 3.8) is 0 Å². The molecule has 19 heavy (non-hydrogen) atoms. The molecule has 0 saturated carbocycles. The van der Waals surface area contributed by atoms with Gasteiger partial charge in [-0.15, -0.1) is 0 Å². The first-order valence-corrected chi connectivity index (χ1v) is 5.76. The van der Waals surface area contributed by atoms with Crippen LogP contribution < -0.4 is 9.47 Å². The van der Waals surface area contributed by atoms with Crippen molar-refractivity contribution in [1.29, 1.82) is 0 Å². The predicted octanol–water partition coefficient (Wildman–Crippen LogP) is 3.49. The van der Waals surface area contributed by atoms with Gasteiger partial charge >= 0.3 is 5.97 Å². The van der Waals surface area contributed by atoms with Crippen LogP contribution in [-0.4, -0.2) is 18.2 Å². The summed E-state index contributed by atoms with van der Waals surface area (Å²) in [6.07, 6.45) is 0. The van der Waals surface area contributed by atoms with Gasteiger partial charge in [0, 0.05) is 0 Å². The molecule has 98 valence electrons. The zero-order chi connectivity index (χ0) is 13.8. The highest BCUT2D eigenvalue weighted by atomic mass is 16.5. The van der Waals surface area contributed by atoms with Crippen LogP contribution in [0.3, 0.4) is 0 Å². The van der Waals surface area contributed by atoms with Crippen molar-refractivity contribution in [3.05, 3.63) is 53.6 Å². The molecule has 0 amide bonds. The van der Waals surface area contributed by atoms with Crippen molar-refractivity contribution in [1.82, 2.24) is 0 Å². The maximum atomic E-state index is 10.9. The fourth-order valence-corrected chi connectivity index (χ4v) is 1.77. The molecule has 2 aromatic rings. The quantitative estimate of drug-likeness (QED) is 0.912. The first-order valence-electron chi connectivity index (χ1n) is 5.76. The minimum absolute atomic E-state index is 0.271. The molecule has 2 rings (SSSR count). The maximum absolute atomic E-state index is 10.9. The Labute approximate surface area is 111 Å². The summed E-state index contributed by atoms with van der Waals surface area (Å²) in [5, 5.41) is 8.97. The topological polar surface area (TPSA) is 55.8 Å². The molecular weight excluding hydrogens is 244 g/mol. The van der Waals surface area contributed by atoms with E-state index in [9.17, 15) is 4.79 Å². The Morgan fingerprint density at radius 2 is 1.79 bits per heavy atom. The summed E-state index contributed by atoms with van der Waals surface area (Å²) >= 11 is 0. The highest BCUT2D eigenvalue weighted by Crippen LogP contribution is 2.31. The lowest BCUT2D eigenvalue weighted by Crippen LogP contribution is -1.99. The molecule has 0 aliphatic heterocycles. The fourth-order valence-electron chi connectivity index (χ4n) is 1.77. The molecule has 0 aromatic heterocycles. The number of benzene rings is 2. The van der Waals surface area contributed by atoms with Gasteiger partial charge in [0.2, 0.25) is 0 Å². The average molecular weight is 258 g/mol. The van der Waals surface area contributed by atoms with Gasteiger partial charge in [0.15, 0.2) is 11.5 Å². The highest BCUT2D eigenvalue weighted by molar-refractivity contribution is 5.89. The monoisotopic (exact) mass is 258 g/mol. The lowest BCUT2D eigenvalue weighted by atomic mass is 10.1. The molecule has 0 aliphatic rings. The summed E-state index contributed by atoms with van der Waals surface area (Å²) < 4.78 is 10.9. The van der Waals surface area contributed by atoms with Gasteiger partial charge in [0.1, 0.15) is 5.75 Å². The molecule has 2 aromatic carbocycles. The Morgan fingerprint density at radius 1 is 1.11 bits per heavy atom. The van der Waals surface area contributed by atoms with E-state index in [-0.39, 0.29) is 5.56 Å². The SMILES string of the molecule is COc1ccccc1Oc1ccc(C(=O)O)c(C)c1. The van der Waals surface area contributed by atoms with Crippen LogP contribution in [0.15, 0.2) is 42.5 Å². The molecule has 0 radical (unpaired) electrons. The summed E-state index contributed by atoms with van der Waals surface area (Å²) in [4.78, 5) is 10.9. The number of carboxylic acid groups (broad SMARTS) is 1. The molecule has 0 heterocycles. The highest BCUT2D eigenvalue weighted by Gasteiger charge is 2.09. The van der Waals surface area contributed by atoms with Crippen LogP contribution in [-0.2, 0) is 0 Å². The third kappa shape index (κ3) is 2.85. The van der Waals surface area contributed by atoms with Gasteiger partial charge in [-0.1, -0.05) is 12.1 Å². The van der Waals surface area contributed by atoms with E-state index in [0.717, 1.165) is 0 Å². The van der Waals surface area contributed by atoms with Crippen LogP contribution in [0.1, 0.15) is 15.9 Å². The summed E-state index contributed by atoms with van der Waals surface area (Å²) in [5.74, 6) is 0.850. The Morgan fingerprint density at radius 3 is 2.37 bits per heavy atom. The molecule has 0 unspecified atom stereocenters. The van der Waals surface area contributed by atoms with E-state index in [1.807, 2.05) is 12.1 Å². The summed E-state index contributed by atoms with van der Waals surface area (Å²) in [6, 6.07) is 12.1. The molecule has 1 N–H and O–H groups in total. The standard InChI is InChI=1S/C15H14O4/c1-10-9-11(7-8-12(10)15(16)17)19-14-6-4-3-5-13(14)18-2/h3-9H,1-2H3,(H,16,17). The van der Waals surface area contributed by atoms with Gasteiger partial charge in [-0.3, -0.25) is 0 Å². The number of para-hydroxylation sites is 2. The number of hydrogen-bond donors (Lipinski definition) is 1. The van der Waals surface area contributed by atoms with Gasteiger partial charge in [-0.2, -0.15) is 0 Å². The lowest BCUT2D eigenvalue weighted by molar-refractivity contribution is 0.0696. The Balaban J connectivity index is 2.29. The molecule has 4 nitrogen and oxygen atoms in total. The van der Waals surface area contributed by atoms with Gasteiger partial charge in [0.05, 0.1) is 12.7 Å². The van der Waals surface area contributed by atoms with E-state index in [1.54, 1.807) is 38.3 Å². The second-order valence-corrected chi connectivity index (χ2v) is 4.03. The zero-order valence-corrected chi connectivity index (χ0v) is 10.7. The Bertz CT molecular complexity index is 605. The minimum atomic E-state index is -0.943. The van der Waals surface area contributed by atoms with E-state index < -0.39 is 5.97 Å². The molecule has 0 saturated heterocycles. The summed E-state index contributed by atoms with van der Waals surface area (Å²) in [6.45, 7) is 1.73. The number of ether oxygens (including phenoxy) is 2. The molecular formula is C15H14O4. The fraction of sp³-hybridized carbons (Fsp3) is 0.133. The van der Waals surface area contributed by atoms with Crippen molar-refractivity contribution in [3.8, 4) is 17.2 Å². The van der Waals surface area contributed by atoms with Crippen LogP contribution in [0, 0.1) is 6.92 Å². The Kier molecular flexibility index (Phi) is 3.71. The first kappa shape index (κ1) is 13.0. The number of carboxylic acids is 1. The minimum Gasteiger partial charge on any atom is -0.493 e. The van der Waals surface area contributed by atoms with E-state index in [2.05, 4.69) is 0 Å². The van der Waals surface area contributed by atoms with Crippen LogP contribution in [0.5, 0.6) is 17.2 Å².